The Bertz CT molecular complexity index is 468. The second-order valence-electron chi connectivity index (χ2n) is 3.53. The first-order valence-corrected chi connectivity index (χ1v) is 5.44. The van der Waals surface area contributed by atoms with E-state index in [1.165, 1.54) is 19.2 Å². The zero-order chi connectivity index (χ0) is 14.6. The molecular weight excluding hydrogens is 290 g/mol. The molecule has 0 fully saturated rings. The lowest BCUT2D eigenvalue weighted by Crippen LogP contribution is -2.44. The highest BCUT2D eigenvalue weighted by Gasteiger charge is 2.48. The number of methoxy groups -OCH3 is 1. The minimum Gasteiger partial charge on any atom is -0.496 e. The minimum absolute atomic E-state index is 0.167. The van der Waals surface area contributed by atoms with Gasteiger partial charge in [0.2, 0.25) is 0 Å². The third-order valence-electron chi connectivity index (χ3n) is 2.30. The number of ether oxygens (including phenoxy) is 1. The summed E-state index contributed by atoms with van der Waals surface area (Å²) in [4.78, 5) is 11.0. The predicted octanol–water partition coefficient (Wildman–Crippen LogP) is 2.87. The summed E-state index contributed by atoms with van der Waals surface area (Å²) in [5, 5.41) is 1.87. The highest BCUT2D eigenvalue weighted by molar-refractivity contribution is 6.31. The molecule has 0 bridgehead atoms. The average Bonchev–Trinajstić information content (AvgIpc) is 2.36. The van der Waals surface area contributed by atoms with Crippen LogP contribution in [0.15, 0.2) is 18.2 Å². The van der Waals surface area contributed by atoms with Crippen LogP contribution in [0, 0.1) is 0 Å². The van der Waals surface area contributed by atoms with Crippen LogP contribution in [0.5, 0.6) is 5.75 Å². The fourth-order valence-corrected chi connectivity index (χ4v) is 1.52. The smallest absolute Gasteiger partial charge is 0.383 e. The van der Waals surface area contributed by atoms with Gasteiger partial charge < -0.3 is 10.1 Å². The summed E-state index contributed by atoms with van der Waals surface area (Å²) in [6, 6.07) is 4.51. The van der Waals surface area contributed by atoms with Gasteiger partial charge in [0.15, 0.2) is 0 Å². The largest absolute Gasteiger partial charge is 0.496 e. The van der Waals surface area contributed by atoms with E-state index >= 15 is 0 Å². The number of rotatable bonds is 5. The zero-order valence-electron chi connectivity index (χ0n) is 9.72. The van der Waals surface area contributed by atoms with Crippen LogP contribution < -0.4 is 10.1 Å². The molecule has 1 rings (SSSR count). The maximum Gasteiger partial charge on any atom is 0.383 e. The SMILES string of the molecule is COc1cccc(Cl)c1CNC(=O)C(F)(F)C(F)F. The number of benzene rings is 1. The molecule has 3 nitrogen and oxygen atoms in total. The highest BCUT2D eigenvalue weighted by Crippen LogP contribution is 2.27. The van der Waals surface area contributed by atoms with Crippen molar-refractivity contribution in [1.82, 2.24) is 5.32 Å². The van der Waals surface area contributed by atoms with Gasteiger partial charge in [-0.2, -0.15) is 8.78 Å². The number of carbonyl (C=O) groups is 1. The molecule has 0 aliphatic rings. The van der Waals surface area contributed by atoms with E-state index in [0.29, 0.717) is 0 Å². The van der Waals surface area contributed by atoms with Gasteiger partial charge in [-0.25, -0.2) is 8.78 Å². The number of hydrogen-bond acceptors (Lipinski definition) is 2. The molecule has 0 aliphatic carbocycles. The Hall–Kier alpha value is -1.50. The molecule has 0 heterocycles. The van der Waals surface area contributed by atoms with Gasteiger partial charge in [-0.1, -0.05) is 17.7 Å². The summed E-state index contributed by atoms with van der Waals surface area (Å²) in [5.74, 6) is -6.55. The Kier molecular flexibility index (Phi) is 4.99. The predicted molar refractivity (Wildman–Crippen MR) is 60.8 cm³/mol. The molecule has 0 spiro atoms. The maximum atomic E-state index is 12.7. The molecule has 1 N–H and O–H groups in total. The number of carbonyl (C=O) groups excluding carboxylic acids is 1. The van der Waals surface area contributed by atoms with Gasteiger partial charge in [-0.15, -0.1) is 0 Å². The van der Waals surface area contributed by atoms with Crippen molar-refractivity contribution in [3.63, 3.8) is 0 Å². The molecule has 0 radical (unpaired) electrons. The first kappa shape index (κ1) is 15.6. The monoisotopic (exact) mass is 299 g/mol. The fraction of sp³-hybridized carbons (Fsp3) is 0.364. The molecule has 0 atom stereocenters. The first-order chi connectivity index (χ1) is 8.80. The number of amides is 1. The van der Waals surface area contributed by atoms with Crippen LogP contribution in [-0.2, 0) is 11.3 Å². The van der Waals surface area contributed by atoms with E-state index in [1.54, 1.807) is 11.4 Å². The number of halogens is 5. The lowest BCUT2D eigenvalue weighted by molar-refractivity contribution is -0.169. The molecule has 0 saturated carbocycles. The van der Waals surface area contributed by atoms with Gasteiger partial charge in [0.05, 0.1) is 7.11 Å². The van der Waals surface area contributed by atoms with Gasteiger partial charge in [-0.05, 0) is 12.1 Å². The van der Waals surface area contributed by atoms with Crippen LogP contribution in [0.3, 0.4) is 0 Å². The van der Waals surface area contributed by atoms with Crippen LogP contribution in [0.25, 0.3) is 0 Å². The van der Waals surface area contributed by atoms with Gasteiger partial charge in [0.25, 0.3) is 5.91 Å². The van der Waals surface area contributed by atoms with Gasteiger partial charge >= 0.3 is 12.3 Å². The second kappa shape index (κ2) is 6.10. The van der Waals surface area contributed by atoms with Crippen molar-refractivity contribution in [2.24, 2.45) is 0 Å². The van der Waals surface area contributed by atoms with Crippen molar-refractivity contribution in [1.29, 1.82) is 0 Å². The molecule has 1 aromatic rings. The first-order valence-electron chi connectivity index (χ1n) is 5.06. The summed E-state index contributed by atoms with van der Waals surface area (Å²) in [6.07, 6.45) is -4.07. The molecular formula is C11H10ClF4NO2. The Labute approximate surface area is 111 Å². The van der Waals surface area contributed by atoms with Crippen molar-refractivity contribution >= 4 is 17.5 Å². The van der Waals surface area contributed by atoms with Crippen molar-refractivity contribution < 1.29 is 27.1 Å². The summed E-state index contributed by atoms with van der Waals surface area (Å²) in [5.41, 5.74) is 0.227. The fourth-order valence-electron chi connectivity index (χ4n) is 1.29. The quantitative estimate of drug-likeness (QED) is 0.849. The molecule has 106 valence electrons. The zero-order valence-corrected chi connectivity index (χ0v) is 10.5. The third-order valence-corrected chi connectivity index (χ3v) is 2.65. The lowest BCUT2D eigenvalue weighted by Gasteiger charge is -2.16. The Morgan fingerprint density at radius 3 is 2.63 bits per heavy atom. The van der Waals surface area contributed by atoms with E-state index in [9.17, 15) is 22.4 Å². The van der Waals surface area contributed by atoms with Crippen LogP contribution in [0.2, 0.25) is 5.02 Å². The Balaban J connectivity index is 2.81. The topological polar surface area (TPSA) is 38.3 Å². The molecule has 0 unspecified atom stereocenters. The van der Waals surface area contributed by atoms with Gasteiger partial charge in [0.1, 0.15) is 5.75 Å². The minimum atomic E-state index is -4.74. The summed E-state index contributed by atoms with van der Waals surface area (Å²) < 4.78 is 54.2. The standard InChI is InChI=1S/C11H10ClF4NO2/c1-19-8-4-2-3-7(12)6(8)5-17-10(18)11(15,16)9(13)14/h2-4,9H,5H2,1H3,(H,17,18). The molecule has 1 aromatic carbocycles. The third kappa shape index (κ3) is 3.50. The van der Waals surface area contributed by atoms with Crippen molar-refractivity contribution in [3.8, 4) is 5.75 Å². The normalized spacial score (nSPS) is 11.5. The number of nitrogens with one attached hydrogen (secondary N) is 1. The van der Waals surface area contributed by atoms with E-state index < -0.39 is 24.8 Å². The van der Waals surface area contributed by atoms with Crippen LogP contribution in [-0.4, -0.2) is 25.4 Å². The Morgan fingerprint density at radius 2 is 2.11 bits per heavy atom. The van der Waals surface area contributed by atoms with Crippen molar-refractivity contribution in [2.75, 3.05) is 7.11 Å². The Morgan fingerprint density at radius 1 is 1.47 bits per heavy atom. The van der Waals surface area contributed by atoms with E-state index in [1.807, 2.05) is 0 Å². The van der Waals surface area contributed by atoms with Crippen molar-refractivity contribution in [2.45, 2.75) is 18.9 Å². The maximum absolute atomic E-state index is 12.7. The average molecular weight is 300 g/mol. The summed E-state index contributed by atoms with van der Waals surface area (Å²) >= 11 is 5.80. The summed E-state index contributed by atoms with van der Waals surface area (Å²) in [6.45, 7) is -0.440. The molecule has 0 aromatic heterocycles. The van der Waals surface area contributed by atoms with Crippen molar-refractivity contribution in [3.05, 3.63) is 28.8 Å². The number of hydrogen-bond donors (Lipinski definition) is 1. The van der Waals surface area contributed by atoms with E-state index in [2.05, 4.69) is 0 Å². The van der Waals surface area contributed by atoms with Crippen LogP contribution in [0.1, 0.15) is 5.56 Å². The molecule has 0 aliphatic heterocycles. The number of alkyl halides is 4. The van der Waals surface area contributed by atoms with E-state index in [0.717, 1.165) is 0 Å². The highest BCUT2D eigenvalue weighted by atomic mass is 35.5. The molecule has 0 saturated heterocycles. The molecule has 1 amide bonds. The van der Waals surface area contributed by atoms with Crippen LogP contribution >= 0.6 is 11.6 Å². The van der Waals surface area contributed by atoms with Gasteiger partial charge in [-0.3, -0.25) is 4.79 Å². The molecule has 19 heavy (non-hydrogen) atoms. The van der Waals surface area contributed by atoms with Crippen LogP contribution in [0.4, 0.5) is 17.6 Å². The molecule has 8 heteroatoms. The summed E-state index contributed by atoms with van der Waals surface area (Å²) in [7, 11) is 1.32. The van der Waals surface area contributed by atoms with Gasteiger partial charge in [0, 0.05) is 17.1 Å². The van der Waals surface area contributed by atoms with E-state index in [4.69, 9.17) is 16.3 Å². The lowest BCUT2D eigenvalue weighted by atomic mass is 10.2. The second-order valence-corrected chi connectivity index (χ2v) is 3.93. The van der Waals surface area contributed by atoms with E-state index in [-0.39, 0.29) is 16.3 Å².